The predicted octanol–water partition coefficient (Wildman–Crippen LogP) is 2.32. The summed E-state index contributed by atoms with van der Waals surface area (Å²) in [5.74, 6) is 0.620. The molecule has 0 aromatic carbocycles. The van der Waals surface area contributed by atoms with Crippen LogP contribution in [0, 0.1) is 11.3 Å². The maximum Gasteiger partial charge on any atom is 0.293 e. The summed E-state index contributed by atoms with van der Waals surface area (Å²) in [5, 5.41) is 0. The van der Waals surface area contributed by atoms with Crippen molar-refractivity contribution in [2.75, 3.05) is 13.2 Å². The van der Waals surface area contributed by atoms with Crippen molar-refractivity contribution in [3.8, 4) is 0 Å². The van der Waals surface area contributed by atoms with Gasteiger partial charge >= 0.3 is 0 Å². The highest BCUT2D eigenvalue weighted by molar-refractivity contribution is 5.38. The molecule has 5 heteroatoms. The summed E-state index contributed by atoms with van der Waals surface area (Å²) in [7, 11) is 0. The van der Waals surface area contributed by atoms with E-state index in [4.69, 9.17) is 9.47 Å². The molecular weight excluding hydrogens is 260 g/mol. The minimum absolute atomic E-state index is 0.0381. The zero-order valence-electron chi connectivity index (χ0n) is 12.7. The van der Waals surface area contributed by atoms with Crippen LogP contribution in [0.1, 0.15) is 46.5 Å². The molecule has 1 saturated carbocycles. The summed E-state index contributed by atoms with van der Waals surface area (Å²) >= 11 is 0. The Labute approximate surface area is 121 Å². The molecule has 1 aliphatic rings. The highest BCUT2D eigenvalue weighted by Gasteiger charge is 2.35. The van der Waals surface area contributed by atoms with E-state index in [9.17, 15) is 9.59 Å². The summed E-state index contributed by atoms with van der Waals surface area (Å²) in [6, 6.07) is 0. The molecule has 0 saturated heterocycles. The van der Waals surface area contributed by atoms with Gasteiger partial charge in [-0.3, -0.25) is 9.59 Å². The Bertz CT molecular complexity index is 305. The fraction of sp³-hybridized carbons (Fsp3) is 0.867. The van der Waals surface area contributed by atoms with Crippen molar-refractivity contribution in [3.63, 3.8) is 0 Å². The lowest BCUT2D eigenvalue weighted by Crippen LogP contribution is -2.36. The van der Waals surface area contributed by atoms with Crippen LogP contribution in [-0.2, 0) is 23.8 Å². The van der Waals surface area contributed by atoms with E-state index in [1.165, 1.54) is 6.42 Å². The van der Waals surface area contributed by atoms with E-state index in [2.05, 4.69) is 25.5 Å². The minimum Gasteiger partial charge on any atom is -0.464 e. The maximum atomic E-state index is 10.4. The quantitative estimate of drug-likeness (QED) is 0.609. The topological polar surface area (TPSA) is 61.8 Å². The summed E-state index contributed by atoms with van der Waals surface area (Å²) in [5.41, 5.74) is 0.309. The Balaban J connectivity index is 2.42. The molecule has 0 aliphatic heterocycles. The third-order valence-corrected chi connectivity index (χ3v) is 4.48. The van der Waals surface area contributed by atoms with Crippen molar-refractivity contribution in [1.82, 2.24) is 0 Å². The van der Waals surface area contributed by atoms with Crippen molar-refractivity contribution in [1.29, 1.82) is 0 Å². The van der Waals surface area contributed by atoms with Gasteiger partial charge in [0.15, 0.2) is 6.10 Å². The average Bonchev–Trinajstić information content (AvgIpc) is 2.42. The summed E-state index contributed by atoms with van der Waals surface area (Å²) < 4.78 is 15.3. The van der Waals surface area contributed by atoms with E-state index in [0.717, 1.165) is 19.3 Å². The van der Waals surface area contributed by atoms with Crippen LogP contribution < -0.4 is 0 Å². The molecule has 3 atom stereocenters. The summed E-state index contributed by atoms with van der Waals surface area (Å²) in [6.07, 6.45) is 4.10. The van der Waals surface area contributed by atoms with Gasteiger partial charge in [-0.1, -0.05) is 27.2 Å². The molecule has 0 spiro atoms. The van der Waals surface area contributed by atoms with Crippen molar-refractivity contribution >= 4 is 12.9 Å². The van der Waals surface area contributed by atoms with Gasteiger partial charge in [0.1, 0.15) is 6.61 Å². The van der Waals surface area contributed by atoms with Crippen molar-refractivity contribution in [2.24, 2.45) is 11.3 Å². The fourth-order valence-corrected chi connectivity index (χ4v) is 2.72. The zero-order chi connectivity index (χ0) is 15.0. The predicted molar refractivity (Wildman–Crippen MR) is 74.1 cm³/mol. The van der Waals surface area contributed by atoms with Crippen LogP contribution in [-0.4, -0.2) is 38.4 Å². The average molecular weight is 286 g/mol. The van der Waals surface area contributed by atoms with E-state index < -0.39 is 6.10 Å². The largest absolute Gasteiger partial charge is 0.464 e. The second-order valence-electron chi connectivity index (χ2n) is 6.14. The molecule has 116 valence electrons. The van der Waals surface area contributed by atoms with Crippen molar-refractivity contribution in [3.05, 3.63) is 0 Å². The molecule has 5 nitrogen and oxygen atoms in total. The Morgan fingerprint density at radius 2 is 2.00 bits per heavy atom. The zero-order valence-corrected chi connectivity index (χ0v) is 12.7. The Hall–Kier alpha value is -1.10. The van der Waals surface area contributed by atoms with Crippen LogP contribution in [0.4, 0.5) is 0 Å². The first-order valence-corrected chi connectivity index (χ1v) is 7.28. The molecule has 0 bridgehead atoms. The molecule has 0 amide bonds. The molecule has 1 aliphatic carbocycles. The number of rotatable bonds is 9. The van der Waals surface area contributed by atoms with E-state index in [0.29, 0.717) is 24.3 Å². The normalized spacial score (nSPS) is 27.9. The third-order valence-electron chi connectivity index (χ3n) is 4.48. The monoisotopic (exact) mass is 286 g/mol. The van der Waals surface area contributed by atoms with Gasteiger partial charge in [-0.2, -0.15) is 0 Å². The van der Waals surface area contributed by atoms with Crippen molar-refractivity contribution in [2.45, 2.75) is 58.7 Å². The minimum atomic E-state index is -0.523. The second kappa shape index (κ2) is 8.25. The second-order valence-corrected chi connectivity index (χ2v) is 6.14. The first-order valence-electron chi connectivity index (χ1n) is 7.28. The van der Waals surface area contributed by atoms with Gasteiger partial charge in [-0.25, -0.2) is 0 Å². The summed E-state index contributed by atoms with van der Waals surface area (Å²) in [6.45, 7) is 7.82. The molecule has 0 aromatic rings. The van der Waals surface area contributed by atoms with Crippen LogP contribution in [0.5, 0.6) is 0 Å². The Morgan fingerprint density at radius 1 is 1.25 bits per heavy atom. The number of carbonyl (C=O) groups is 2. The van der Waals surface area contributed by atoms with Crippen LogP contribution >= 0.6 is 0 Å². The van der Waals surface area contributed by atoms with Crippen LogP contribution in [0.15, 0.2) is 0 Å². The fourth-order valence-electron chi connectivity index (χ4n) is 2.72. The molecule has 1 fully saturated rings. The molecular formula is C15H26O5. The standard InChI is InChI=1S/C15H26O5/c1-12(2)15(3)6-4-5-13(7-15)19-9-14(20-11-17)8-18-10-16/h10-14H,4-9H2,1-3H3. The van der Waals surface area contributed by atoms with Gasteiger partial charge in [-0.15, -0.1) is 0 Å². The van der Waals surface area contributed by atoms with Crippen LogP contribution in [0.25, 0.3) is 0 Å². The first-order chi connectivity index (χ1) is 9.51. The highest BCUT2D eigenvalue weighted by Crippen LogP contribution is 2.42. The smallest absolute Gasteiger partial charge is 0.293 e. The highest BCUT2D eigenvalue weighted by atomic mass is 16.6. The van der Waals surface area contributed by atoms with E-state index in [-0.39, 0.29) is 19.3 Å². The molecule has 0 N–H and O–H groups in total. The lowest BCUT2D eigenvalue weighted by molar-refractivity contribution is -0.149. The van der Waals surface area contributed by atoms with E-state index >= 15 is 0 Å². The van der Waals surface area contributed by atoms with Gasteiger partial charge in [0, 0.05) is 0 Å². The van der Waals surface area contributed by atoms with Crippen molar-refractivity contribution < 1.29 is 23.8 Å². The molecule has 20 heavy (non-hydrogen) atoms. The third kappa shape index (κ3) is 5.12. The van der Waals surface area contributed by atoms with Gasteiger partial charge in [0.05, 0.1) is 12.7 Å². The lowest BCUT2D eigenvalue weighted by atomic mass is 9.67. The number of hydrogen-bond acceptors (Lipinski definition) is 5. The van der Waals surface area contributed by atoms with Gasteiger partial charge in [-0.05, 0) is 30.6 Å². The van der Waals surface area contributed by atoms with Gasteiger partial charge in [0.2, 0.25) is 0 Å². The number of hydrogen-bond donors (Lipinski definition) is 0. The lowest BCUT2D eigenvalue weighted by Gasteiger charge is -2.41. The number of ether oxygens (including phenoxy) is 3. The number of carbonyl (C=O) groups excluding carboxylic acids is 2. The molecule has 0 aromatic heterocycles. The van der Waals surface area contributed by atoms with E-state index in [1.54, 1.807) is 0 Å². The SMILES string of the molecule is CC(C)C1(C)CCCC(OCC(COC=O)OC=O)C1. The Kier molecular flexibility index (Phi) is 6.99. The van der Waals surface area contributed by atoms with Crippen LogP contribution in [0.3, 0.4) is 0 Å². The molecule has 3 unspecified atom stereocenters. The maximum absolute atomic E-state index is 10.4. The van der Waals surface area contributed by atoms with Gasteiger partial charge in [0.25, 0.3) is 12.9 Å². The Morgan fingerprint density at radius 3 is 2.60 bits per heavy atom. The van der Waals surface area contributed by atoms with Gasteiger partial charge < -0.3 is 14.2 Å². The molecule has 0 radical (unpaired) electrons. The summed E-state index contributed by atoms with van der Waals surface area (Å²) in [4.78, 5) is 20.6. The first kappa shape index (κ1) is 17.0. The van der Waals surface area contributed by atoms with Crippen LogP contribution in [0.2, 0.25) is 0 Å². The molecule has 1 rings (SSSR count). The molecule has 0 heterocycles. The van der Waals surface area contributed by atoms with E-state index in [1.807, 2.05) is 0 Å².